The molecule has 34 heavy (non-hydrogen) atoms. The van der Waals surface area contributed by atoms with Crippen LogP contribution in [0.3, 0.4) is 0 Å². The third-order valence-electron chi connectivity index (χ3n) is 4.85. The number of carbonyl (C=O) groups is 6. The highest BCUT2D eigenvalue weighted by Gasteiger charge is 2.32. The maximum Gasteiger partial charge on any atom is 0.326 e. The van der Waals surface area contributed by atoms with E-state index in [1.807, 2.05) is 0 Å². The van der Waals surface area contributed by atoms with Crippen molar-refractivity contribution in [3.05, 3.63) is 0 Å². The molecule has 0 aliphatic heterocycles. The maximum atomic E-state index is 12.8. The fourth-order valence-electron chi connectivity index (χ4n) is 2.90. The Morgan fingerprint density at radius 2 is 1.41 bits per heavy atom. The van der Waals surface area contributed by atoms with Gasteiger partial charge in [-0.3, -0.25) is 24.0 Å². The number of nitrogens with two attached hydrogens (primary N) is 3. The van der Waals surface area contributed by atoms with Gasteiger partial charge in [-0.1, -0.05) is 13.8 Å². The number of aliphatic carboxylic acids is 2. The van der Waals surface area contributed by atoms with Gasteiger partial charge in [0.1, 0.15) is 18.1 Å². The molecule has 0 bridgehead atoms. The summed E-state index contributed by atoms with van der Waals surface area (Å²) in [6.07, 6.45) is 0.00321. The van der Waals surface area contributed by atoms with Gasteiger partial charge >= 0.3 is 11.9 Å². The number of carboxylic acids is 2. The molecule has 0 aliphatic rings. The maximum absolute atomic E-state index is 12.8. The van der Waals surface area contributed by atoms with Crippen LogP contribution >= 0.6 is 0 Å². The van der Waals surface area contributed by atoms with Crippen LogP contribution in [0.5, 0.6) is 0 Å². The van der Waals surface area contributed by atoms with Crippen LogP contribution in [-0.2, 0) is 28.8 Å². The number of carboxylic acid groups (broad SMARTS) is 2. The topological polar surface area (TPSA) is 257 Å². The van der Waals surface area contributed by atoms with E-state index in [9.17, 15) is 33.9 Å². The minimum absolute atomic E-state index is 0.144. The Bertz CT molecular complexity index is 745. The first-order valence-electron chi connectivity index (χ1n) is 10.9. The molecule has 0 spiro atoms. The van der Waals surface area contributed by atoms with Crippen molar-refractivity contribution in [1.29, 1.82) is 0 Å². The Morgan fingerprint density at radius 1 is 0.824 bits per heavy atom. The summed E-state index contributed by atoms with van der Waals surface area (Å²) in [5.41, 5.74) is 16.2. The highest BCUT2D eigenvalue weighted by Crippen LogP contribution is 2.07. The van der Waals surface area contributed by atoms with Gasteiger partial charge in [0.2, 0.25) is 23.6 Å². The molecule has 11 N–H and O–H groups in total. The zero-order valence-electron chi connectivity index (χ0n) is 19.4. The molecule has 0 aromatic heterocycles. The van der Waals surface area contributed by atoms with E-state index in [0.29, 0.717) is 19.4 Å². The molecular weight excluding hydrogens is 452 g/mol. The molecule has 14 heteroatoms. The summed E-state index contributed by atoms with van der Waals surface area (Å²) in [5, 5.41) is 25.1. The average molecular weight is 489 g/mol. The van der Waals surface area contributed by atoms with E-state index in [-0.39, 0.29) is 19.3 Å². The smallest absolute Gasteiger partial charge is 0.326 e. The number of hydrogen-bond acceptors (Lipinski definition) is 8. The number of nitrogens with one attached hydrogen (secondary N) is 3. The lowest BCUT2D eigenvalue weighted by Gasteiger charge is -2.26. The second kappa shape index (κ2) is 15.6. The van der Waals surface area contributed by atoms with Crippen molar-refractivity contribution in [1.82, 2.24) is 16.0 Å². The normalized spacial score (nSPS) is 14.4. The highest BCUT2D eigenvalue weighted by atomic mass is 16.4. The van der Waals surface area contributed by atoms with E-state index in [1.54, 1.807) is 13.8 Å². The van der Waals surface area contributed by atoms with Crippen molar-refractivity contribution in [3.63, 3.8) is 0 Å². The number of amides is 4. The summed E-state index contributed by atoms with van der Waals surface area (Å²) in [5.74, 6) is -6.36. The fraction of sp³-hybridized carbons (Fsp3) is 0.700. The Hall–Kier alpha value is -3.26. The van der Waals surface area contributed by atoms with Crippen LogP contribution < -0.4 is 33.2 Å². The molecule has 4 unspecified atom stereocenters. The van der Waals surface area contributed by atoms with Crippen molar-refractivity contribution in [2.24, 2.45) is 23.1 Å². The number of primary amides is 1. The lowest BCUT2D eigenvalue weighted by molar-refractivity contribution is -0.143. The van der Waals surface area contributed by atoms with Gasteiger partial charge in [-0.15, -0.1) is 0 Å². The van der Waals surface area contributed by atoms with Crippen molar-refractivity contribution in [2.75, 3.05) is 6.54 Å². The Labute approximate surface area is 197 Å². The van der Waals surface area contributed by atoms with Crippen LogP contribution in [-0.4, -0.2) is 76.5 Å². The second-order valence-corrected chi connectivity index (χ2v) is 8.18. The van der Waals surface area contributed by atoms with E-state index < -0.39 is 72.1 Å². The van der Waals surface area contributed by atoms with E-state index in [0.717, 1.165) is 0 Å². The lowest BCUT2D eigenvalue weighted by Crippen LogP contribution is -2.59. The van der Waals surface area contributed by atoms with E-state index in [1.165, 1.54) is 0 Å². The third kappa shape index (κ3) is 12.1. The molecular formula is C20H36N6O8. The first-order chi connectivity index (χ1) is 15.8. The molecule has 4 amide bonds. The van der Waals surface area contributed by atoms with Gasteiger partial charge < -0.3 is 43.4 Å². The number of carbonyl (C=O) groups excluding carboxylic acids is 4. The summed E-state index contributed by atoms with van der Waals surface area (Å²) in [4.78, 5) is 71.3. The van der Waals surface area contributed by atoms with E-state index >= 15 is 0 Å². The van der Waals surface area contributed by atoms with Gasteiger partial charge in [-0.05, 0) is 38.1 Å². The van der Waals surface area contributed by atoms with Gasteiger partial charge in [-0.25, -0.2) is 4.79 Å². The fourth-order valence-corrected chi connectivity index (χ4v) is 2.90. The van der Waals surface area contributed by atoms with Gasteiger partial charge in [-0.2, -0.15) is 0 Å². The zero-order valence-corrected chi connectivity index (χ0v) is 19.4. The molecule has 14 nitrogen and oxygen atoms in total. The van der Waals surface area contributed by atoms with Crippen LogP contribution in [0.15, 0.2) is 0 Å². The predicted octanol–water partition coefficient (Wildman–Crippen LogP) is -2.62. The molecule has 0 heterocycles. The molecule has 194 valence electrons. The first kappa shape index (κ1) is 30.7. The zero-order chi connectivity index (χ0) is 26.4. The number of rotatable bonds is 17. The summed E-state index contributed by atoms with van der Waals surface area (Å²) >= 11 is 0. The van der Waals surface area contributed by atoms with Crippen molar-refractivity contribution in [2.45, 2.75) is 76.5 Å². The largest absolute Gasteiger partial charge is 0.481 e. The Morgan fingerprint density at radius 3 is 1.88 bits per heavy atom. The van der Waals surface area contributed by atoms with E-state index in [2.05, 4.69) is 16.0 Å². The number of unbranched alkanes of at least 4 members (excludes halogenated alkanes) is 1. The Balaban J connectivity index is 5.36. The minimum Gasteiger partial charge on any atom is -0.481 e. The summed E-state index contributed by atoms with van der Waals surface area (Å²) < 4.78 is 0. The quantitative estimate of drug-likeness (QED) is 0.0988. The standard InChI is InChI=1S/C20H36N6O8/c1-10(2)16(19(32)24-12(20(33)34)5-3-4-8-21)26-18(31)13(9-14(23)27)25-17(30)11(22)6-7-15(28)29/h10-13,16H,3-9,21-22H2,1-2H3,(H2,23,27)(H,24,32)(H,25,30)(H,26,31)(H,28,29)(H,33,34). The lowest BCUT2D eigenvalue weighted by atomic mass is 10.0. The van der Waals surface area contributed by atoms with E-state index in [4.69, 9.17) is 22.3 Å². The summed E-state index contributed by atoms with van der Waals surface area (Å²) in [6.45, 7) is 3.59. The minimum atomic E-state index is -1.48. The van der Waals surface area contributed by atoms with Crippen molar-refractivity contribution in [3.8, 4) is 0 Å². The molecule has 0 saturated heterocycles. The summed E-state index contributed by atoms with van der Waals surface area (Å²) in [6, 6.07) is -5.11. The molecule has 4 atom stereocenters. The van der Waals surface area contributed by atoms with Crippen molar-refractivity contribution >= 4 is 35.6 Å². The molecule has 0 fully saturated rings. The van der Waals surface area contributed by atoms with Gasteiger partial charge in [0.15, 0.2) is 0 Å². The monoisotopic (exact) mass is 488 g/mol. The van der Waals surface area contributed by atoms with Gasteiger partial charge in [0.25, 0.3) is 0 Å². The SMILES string of the molecule is CC(C)C(NC(=O)C(CC(N)=O)NC(=O)C(N)CCC(=O)O)C(=O)NC(CCCCN)C(=O)O. The first-order valence-corrected chi connectivity index (χ1v) is 10.9. The predicted molar refractivity (Wildman–Crippen MR) is 120 cm³/mol. The average Bonchev–Trinajstić information content (AvgIpc) is 2.73. The molecule has 0 radical (unpaired) electrons. The Kier molecular flexibility index (Phi) is 14.1. The molecule has 0 rings (SSSR count). The molecule has 0 saturated carbocycles. The molecule has 0 aliphatic carbocycles. The third-order valence-corrected chi connectivity index (χ3v) is 4.85. The van der Waals surface area contributed by atoms with Crippen LogP contribution in [0.1, 0.15) is 52.4 Å². The molecule has 0 aromatic rings. The van der Waals surface area contributed by atoms with Crippen LogP contribution in [0.4, 0.5) is 0 Å². The number of hydrogen-bond donors (Lipinski definition) is 8. The van der Waals surface area contributed by atoms with Crippen LogP contribution in [0.25, 0.3) is 0 Å². The highest BCUT2D eigenvalue weighted by molar-refractivity contribution is 5.96. The molecule has 0 aromatic carbocycles. The van der Waals surface area contributed by atoms with Crippen LogP contribution in [0.2, 0.25) is 0 Å². The van der Waals surface area contributed by atoms with Crippen molar-refractivity contribution < 1.29 is 39.0 Å². The van der Waals surface area contributed by atoms with Gasteiger partial charge in [0, 0.05) is 6.42 Å². The summed E-state index contributed by atoms with van der Waals surface area (Å²) in [7, 11) is 0. The van der Waals surface area contributed by atoms with Crippen LogP contribution in [0, 0.1) is 5.92 Å². The van der Waals surface area contributed by atoms with Gasteiger partial charge in [0.05, 0.1) is 12.5 Å². The second-order valence-electron chi connectivity index (χ2n) is 8.18.